The third kappa shape index (κ3) is 5.73. The number of nitro benzene ring substituents is 1. The highest BCUT2D eigenvalue weighted by Crippen LogP contribution is 2.37. The number of hydrogen-bond acceptors (Lipinski definition) is 5. The molecule has 1 N–H and O–H groups in total. The molecule has 0 radical (unpaired) electrons. The van der Waals surface area contributed by atoms with Crippen LogP contribution in [0.15, 0.2) is 18.2 Å². The topological polar surface area (TPSA) is 98.5 Å². The van der Waals surface area contributed by atoms with E-state index in [1.165, 1.54) is 0 Å². The van der Waals surface area contributed by atoms with Crippen molar-refractivity contribution in [1.82, 2.24) is 0 Å². The third-order valence-electron chi connectivity index (χ3n) is 3.46. The van der Waals surface area contributed by atoms with Crippen molar-refractivity contribution in [3.05, 3.63) is 33.9 Å². The van der Waals surface area contributed by atoms with E-state index in [9.17, 15) is 32.9 Å². The van der Waals surface area contributed by atoms with Gasteiger partial charge in [0.15, 0.2) is 6.61 Å². The Labute approximate surface area is 141 Å². The van der Waals surface area contributed by atoms with Gasteiger partial charge in [-0.05, 0) is 18.9 Å². The van der Waals surface area contributed by atoms with Crippen LogP contribution in [0.1, 0.15) is 32.3 Å². The van der Waals surface area contributed by atoms with Crippen LogP contribution in [-0.2, 0) is 20.5 Å². The van der Waals surface area contributed by atoms with Gasteiger partial charge in [-0.15, -0.1) is 0 Å². The number of nitro groups is 1. The summed E-state index contributed by atoms with van der Waals surface area (Å²) in [5.74, 6) is -1.98. The molecule has 0 bridgehead atoms. The van der Waals surface area contributed by atoms with Crippen molar-refractivity contribution in [2.75, 3.05) is 11.9 Å². The van der Waals surface area contributed by atoms with E-state index in [-0.39, 0.29) is 0 Å². The molecule has 0 atom stereocenters. The quantitative estimate of drug-likeness (QED) is 0.454. The van der Waals surface area contributed by atoms with E-state index >= 15 is 0 Å². The van der Waals surface area contributed by atoms with Crippen molar-refractivity contribution in [3.8, 4) is 0 Å². The zero-order valence-electron chi connectivity index (χ0n) is 13.6. The van der Waals surface area contributed by atoms with Crippen LogP contribution in [0.4, 0.5) is 24.5 Å². The molecule has 1 amide bonds. The Kier molecular flexibility index (Phi) is 6.89. The Balaban J connectivity index is 2.86. The van der Waals surface area contributed by atoms with Gasteiger partial charge >= 0.3 is 12.1 Å². The van der Waals surface area contributed by atoms with Crippen LogP contribution in [-0.4, -0.2) is 23.4 Å². The predicted molar refractivity (Wildman–Crippen MR) is 81.8 cm³/mol. The molecule has 0 saturated heterocycles. The number of carbonyl (C=O) groups is 2. The van der Waals surface area contributed by atoms with Gasteiger partial charge in [0.25, 0.3) is 11.6 Å². The van der Waals surface area contributed by atoms with Crippen molar-refractivity contribution >= 4 is 23.3 Å². The highest BCUT2D eigenvalue weighted by Gasteiger charge is 2.35. The van der Waals surface area contributed by atoms with Crippen LogP contribution in [0.5, 0.6) is 0 Å². The van der Waals surface area contributed by atoms with Gasteiger partial charge in [-0.25, -0.2) is 0 Å². The Bertz CT molecular complexity index is 657. The zero-order valence-corrected chi connectivity index (χ0v) is 13.6. The van der Waals surface area contributed by atoms with Crippen molar-refractivity contribution in [2.45, 2.75) is 32.9 Å². The number of nitrogens with zero attached hydrogens (tertiary/aromatic N) is 1. The summed E-state index contributed by atoms with van der Waals surface area (Å²) in [6.45, 7) is 2.79. The predicted octanol–water partition coefficient (Wildman–Crippen LogP) is 3.53. The maximum absolute atomic E-state index is 13.0. The van der Waals surface area contributed by atoms with Gasteiger partial charge in [-0.1, -0.05) is 13.8 Å². The van der Waals surface area contributed by atoms with Crippen LogP contribution in [0, 0.1) is 16.0 Å². The average Bonchev–Trinajstić information content (AvgIpc) is 2.53. The first-order valence-electron chi connectivity index (χ1n) is 7.42. The van der Waals surface area contributed by atoms with Crippen LogP contribution >= 0.6 is 0 Å². The highest BCUT2D eigenvalue weighted by atomic mass is 19.4. The molecule has 10 heteroatoms. The molecule has 0 heterocycles. The standard InChI is InChI=1S/C15H17F3N2O5/c1-3-9(4-2)14(22)25-8-13(21)19-12-6-5-10(20(23)24)7-11(12)15(16,17)18/h5-7,9H,3-4,8H2,1-2H3,(H,19,21). The van der Waals surface area contributed by atoms with Crippen LogP contribution < -0.4 is 5.32 Å². The van der Waals surface area contributed by atoms with Crippen LogP contribution in [0.2, 0.25) is 0 Å². The fourth-order valence-corrected chi connectivity index (χ4v) is 2.05. The first-order valence-corrected chi connectivity index (χ1v) is 7.42. The second kappa shape index (κ2) is 8.45. The lowest BCUT2D eigenvalue weighted by atomic mass is 10.0. The van der Waals surface area contributed by atoms with Crippen molar-refractivity contribution < 1.29 is 32.4 Å². The number of amides is 1. The number of alkyl halides is 3. The van der Waals surface area contributed by atoms with Crippen molar-refractivity contribution in [2.24, 2.45) is 5.92 Å². The second-order valence-corrected chi connectivity index (χ2v) is 5.15. The van der Waals surface area contributed by atoms with Gasteiger partial charge in [0.05, 0.1) is 22.1 Å². The molecule has 0 aliphatic rings. The van der Waals surface area contributed by atoms with Gasteiger partial charge in [0.1, 0.15) is 0 Å². The maximum atomic E-state index is 13.0. The van der Waals surface area contributed by atoms with E-state index < -0.39 is 52.4 Å². The molecular weight excluding hydrogens is 345 g/mol. The Morgan fingerprint density at radius 1 is 1.28 bits per heavy atom. The highest BCUT2D eigenvalue weighted by molar-refractivity contribution is 5.93. The summed E-state index contributed by atoms with van der Waals surface area (Å²) in [4.78, 5) is 33.0. The fraction of sp³-hybridized carbons (Fsp3) is 0.467. The van der Waals surface area contributed by atoms with Gasteiger partial charge < -0.3 is 10.1 Å². The van der Waals surface area contributed by atoms with E-state index in [0.29, 0.717) is 18.9 Å². The molecule has 0 fully saturated rings. The number of nitrogens with one attached hydrogen (secondary N) is 1. The lowest BCUT2D eigenvalue weighted by Gasteiger charge is -2.15. The number of hydrogen-bond donors (Lipinski definition) is 1. The van der Waals surface area contributed by atoms with Crippen molar-refractivity contribution in [1.29, 1.82) is 0 Å². The molecule has 7 nitrogen and oxygen atoms in total. The monoisotopic (exact) mass is 362 g/mol. The summed E-state index contributed by atoms with van der Waals surface area (Å²) in [5.41, 5.74) is -2.77. The number of non-ortho nitro benzene ring substituents is 1. The van der Waals surface area contributed by atoms with Crippen LogP contribution in [0.3, 0.4) is 0 Å². The van der Waals surface area contributed by atoms with E-state index in [4.69, 9.17) is 4.74 Å². The van der Waals surface area contributed by atoms with E-state index in [2.05, 4.69) is 0 Å². The normalized spacial score (nSPS) is 11.3. The lowest BCUT2D eigenvalue weighted by Crippen LogP contribution is -2.25. The zero-order chi connectivity index (χ0) is 19.2. The summed E-state index contributed by atoms with van der Waals surface area (Å²) < 4.78 is 43.8. The number of esters is 1. The summed E-state index contributed by atoms with van der Waals surface area (Å²) in [6.07, 6.45) is -3.88. The Morgan fingerprint density at radius 2 is 1.88 bits per heavy atom. The lowest BCUT2D eigenvalue weighted by molar-refractivity contribution is -0.385. The molecule has 0 aliphatic heterocycles. The molecular formula is C15H17F3N2O5. The molecule has 1 aromatic rings. The minimum atomic E-state index is -4.90. The average molecular weight is 362 g/mol. The molecule has 25 heavy (non-hydrogen) atoms. The van der Waals surface area contributed by atoms with Gasteiger partial charge in [0, 0.05) is 12.1 Å². The minimum absolute atomic E-state index is 0.325. The summed E-state index contributed by atoms with van der Waals surface area (Å²) in [7, 11) is 0. The largest absolute Gasteiger partial charge is 0.455 e. The number of carbonyl (C=O) groups excluding carboxylic acids is 2. The van der Waals surface area contributed by atoms with Gasteiger partial charge in [0.2, 0.25) is 0 Å². The molecule has 0 spiro atoms. The molecule has 0 aliphatic carbocycles. The van der Waals surface area contributed by atoms with E-state index in [1.807, 2.05) is 5.32 Å². The molecule has 1 rings (SSSR count). The molecule has 0 unspecified atom stereocenters. The summed E-state index contributed by atoms with van der Waals surface area (Å²) >= 11 is 0. The minimum Gasteiger partial charge on any atom is -0.455 e. The number of anilines is 1. The van der Waals surface area contributed by atoms with Crippen LogP contribution in [0.25, 0.3) is 0 Å². The number of benzene rings is 1. The van der Waals surface area contributed by atoms with E-state index in [1.54, 1.807) is 13.8 Å². The smallest absolute Gasteiger partial charge is 0.418 e. The number of halogens is 3. The third-order valence-corrected chi connectivity index (χ3v) is 3.46. The molecule has 138 valence electrons. The molecule has 1 aromatic carbocycles. The van der Waals surface area contributed by atoms with Gasteiger partial charge in [-0.3, -0.25) is 19.7 Å². The van der Waals surface area contributed by atoms with E-state index in [0.717, 1.165) is 12.1 Å². The number of rotatable bonds is 7. The first kappa shape index (κ1) is 20.4. The second-order valence-electron chi connectivity index (χ2n) is 5.15. The summed E-state index contributed by atoms with van der Waals surface area (Å²) in [6, 6.07) is 1.94. The Morgan fingerprint density at radius 3 is 2.36 bits per heavy atom. The van der Waals surface area contributed by atoms with Crippen molar-refractivity contribution in [3.63, 3.8) is 0 Å². The SMILES string of the molecule is CCC(CC)C(=O)OCC(=O)Nc1ccc([N+](=O)[O-])cc1C(F)(F)F. The maximum Gasteiger partial charge on any atom is 0.418 e. The number of ether oxygens (including phenoxy) is 1. The summed E-state index contributed by atoms with van der Waals surface area (Å²) in [5, 5.41) is 12.6. The Hall–Kier alpha value is -2.65. The van der Waals surface area contributed by atoms with Gasteiger partial charge in [-0.2, -0.15) is 13.2 Å². The fourth-order valence-electron chi connectivity index (χ4n) is 2.05. The first-order chi connectivity index (χ1) is 11.6. The molecule has 0 aromatic heterocycles. The molecule has 0 saturated carbocycles.